The van der Waals surface area contributed by atoms with Gasteiger partial charge in [0.2, 0.25) is 0 Å². The van der Waals surface area contributed by atoms with Gasteiger partial charge in [0.05, 0.1) is 13.2 Å². The minimum absolute atomic E-state index is 0.0772. The molecule has 0 atom stereocenters. The monoisotopic (exact) mass is 218 g/mol. The lowest BCUT2D eigenvalue weighted by Crippen LogP contribution is -1.80. The van der Waals surface area contributed by atoms with Crippen LogP contribution >= 0.6 is 0 Å². The lowest BCUT2D eigenvalue weighted by molar-refractivity contribution is 0.281. The Morgan fingerprint density at radius 1 is 0.812 bits per heavy atom. The number of hydrogen-bond acceptors (Lipinski definition) is 4. The fourth-order valence-corrected chi connectivity index (χ4v) is 0.983. The van der Waals surface area contributed by atoms with Crippen molar-refractivity contribution >= 4 is 0 Å². The zero-order chi connectivity index (χ0) is 11.6. The van der Waals surface area contributed by atoms with Crippen LogP contribution in [0.15, 0.2) is 49.1 Å². The maximum Gasteiger partial charge on any atom is 0.0696 e. The topological polar surface area (TPSA) is 66.2 Å². The first-order valence-corrected chi connectivity index (χ1v) is 4.86. The molecule has 84 valence electrons. The highest BCUT2D eigenvalue weighted by molar-refractivity contribution is 5.06. The summed E-state index contributed by atoms with van der Waals surface area (Å²) in [5, 5.41) is 17.0. The Bertz CT molecular complexity index is 339. The molecule has 0 saturated carbocycles. The molecule has 4 heteroatoms. The van der Waals surface area contributed by atoms with Crippen molar-refractivity contribution in [1.82, 2.24) is 9.97 Å². The third-order valence-electron chi connectivity index (χ3n) is 1.81. The summed E-state index contributed by atoms with van der Waals surface area (Å²) in [5.41, 5.74) is 1.71. The maximum absolute atomic E-state index is 8.50. The quantitative estimate of drug-likeness (QED) is 0.793. The summed E-state index contributed by atoms with van der Waals surface area (Å²) in [4.78, 5) is 7.59. The van der Waals surface area contributed by atoms with Crippen LogP contribution in [-0.4, -0.2) is 20.2 Å². The highest BCUT2D eigenvalue weighted by Gasteiger charge is 1.83. The largest absolute Gasteiger partial charge is 0.392 e. The molecule has 0 spiro atoms. The number of aliphatic hydroxyl groups excluding tert-OH is 2. The van der Waals surface area contributed by atoms with Crippen molar-refractivity contribution < 1.29 is 10.2 Å². The summed E-state index contributed by atoms with van der Waals surface area (Å²) in [6.07, 6.45) is 6.64. The molecule has 0 aliphatic rings. The predicted octanol–water partition coefficient (Wildman–Crippen LogP) is 1.15. The molecule has 0 aliphatic carbocycles. The van der Waals surface area contributed by atoms with Gasteiger partial charge in [-0.2, -0.15) is 0 Å². The third kappa shape index (κ3) is 4.63. The molecular weight excluding hydrogens is 204 g/mol. The maximum atomic E-state index is 8.50. The highest BCUT2D eigenvalue weighted by Crippen LogP contribution is 1.92. The van der Waals surface area contributed by atoms with Crippen molar-refractivity contribution in [2.45, 2.75) is 13.2 Å². The number of nitrogens with zero attached hydrogens (tertiary/aromatic N) is 2. The van der Waals surface area contributed by atoms with E-state index in [1.807, 2.05) is 12.1 Å². The summed E-state index contributed by atoms with van der Waals surface area (Å²) in [6, 6.07) is 7.25. The highest BCUT2D eigenvalue weighted by atomic mass is 16.3. The van der Waals surface area contributed by atoms with Crippen LogP contribution in [0.3, 0.4) is 0 Å². The molecule has 2 aromatic heterocycles. The van der Waals surface area contributed by atoms with Gasteiger partial charge in [-0.25, -0.2) is 0 Å². The average Bonchev–Trinajstić information content (AvgIpc) is 2.41. The molecule has 4 nitrogen and oxygen atoms in total. The molecule has 0 saturated heterocycles. The van der Waals surface area contributed by atoms with Crippen molar-refractivity contribution in [3.63, 3.8) is 0 Å². The van der Waals surface area contributed by atoms with E-state index >= 15 is 0 Å². The van der Waals surface area contributed by atoms with E-state index < -0.39 is 0 Å². The van der Waals surface area contributed by atoms with Crippen LogP contribution in [0.5, 0.6) is 0 Å². The minimum Gasteiger partial charge on any atom is -0.392 e. The second kappa shape index (κ2) is 7.50. The molecular formula is C12H14N2O2. The molecule has 2 N–H and O–H groups in total. The summed E-state index contributed by atoms with van der Waals surface area (Å²) in [7, 11) is 0. The van der Waals surface area contributed by atoms with E-state index in [0.29, 0.717) is 0 Å². The van der Waals surface area contributed by atoms with Gasteiger partial charge in [0.15, 0.2) is 0 Å². The van der Waals surface area contributed by atoms with Crippen LogP contribution in [0.4, 0.5) is 0 Å². The second-order valence-electron chi connectivity index (χ2n) is 3.04. The number of hydrogen-bond donors (Lipinski definition) is 2. The number of pyridine rings is 2. The van der Waals surface area contributed by atoms with E-state index in [1.54, 1.807) is 36.9 Å². The van der Waals surface area contributed by atoms with Crippen LogP contribution in [0.1, 0.15) is 11.1 Å². The van der Waals surface area contributed by atoms with Crippen LogP contribution in [0, 0.1) is 0 Å². The van der Waals surface area contributed by atoms with Gasteiger partial charge in [0.25, 0.3) is 0 Å². The van der Waals surface area contributed by atoms with E-state index in [1.165, 1.54) is 0 Å². The van der Waals surface area contributed by atoms with Gasteiger partial charge in [0.1, 0.15) is 0 Å². The molecule has 2 rings (SSSR count). The summed E-state index contributed by atoms with van der Waals surface area (Å²) in [6.45, 7) is 0.154. The third-order valence-corrected chi connectivity index (χ3v) is 1.81. The zero-order valence-electron chi connectivity index (χ0n) is 8.82. The van der Waals surface area contributed by atoms with E-state index in [9.17, 15) is 0 Å². The first-order chi connectivity index (χ1) is 7.86. The fourth-order valence-electron chi connectivity index (χ4n) is 0.983. The SMILES string of the molecule is OCc1cccnc1.OCc1cccnc1. The lowest BCUT2D eigenvalue weighted by atomic mass is 10.3. The minimum atomic E-state index is 0.0772. The van der Waals surface area contributed by atoms with Crippen molar-refractivity contribution in [2.24, 2.45) is 0 Å². The molecule has 0 bridgehead atoms. The van der Waals surface area contributed by atoms with Gasteiger partial charge >= 0.3 is 0 Å². The number of aliphatic hydroxyl groups is 2. The van der Waals surface area contributed by atoms with Gasteiger partial charge in [-0.1, -0.05) is 12.1 Å². The molecule has 16 heavy (non-hydrogen) atoms. The number of rotatable bonds is 2. The van der Waals surface area contributed by atoms with Crippen LogP contribution < -0.4 is 0 Å². The predicted molar refractivity (Wildman–Crippen MR) is 60.3 cm³/mol. The van der Waals surface area contributed by atoms with Crippen molar-refractivity contribution in [3.05, 3.63) is 60.2 Å². The lowest BCUT2D eigenvalue weighted by Gasteiger charge is -1.88. The second-order valence-corrected chi connectivity index (χ2v) is 3.04. The van der Waals surface area contributed by atoms with Gasteiger partial charge in [-0.15, -0.1) is 0 Å². The summed E-state index contributed by atoms with van der Waals surface area (Å²) in [5.74, 6) is 0. The van der Waals surface area contributed by atoms with Gasteiger partial charge < -0.3 is 10.2 Å². The average molecular weight is 218 g/mol. The normalized spacial score (nSPS) is 9.12. The molecule has 0 aromatic carbocycles. The van der Waals surface area contributed by atoms with Gasteiger partial charge in [-0.05, 0) is 23.3 Å². The first-order valence-electron chi connectivity index (χ1n) is 4.86. The van der Waals surface area contributed by atoms with E-state index in [0.717, 1.165) is 11.1 Å². The Morgan fingerprint density at radius 2 is 1.25 bits per heavy atom. The first kappa shape index (κ1) is 12.3. The Morgan fingerprint density at radius 3 is 1.44 bits per heavy atom. The number of aromatic nitrogens is 2. The molecule has 0 fully saturated rings. The van der Waals surface area contributed by atoms with E-state index in [-0.39, 0.29) is 13.2 Å². The Hall–Kier alpha value is -1.78. The Labute approximate surface area is 94.3 Å². The molecule has 0 radical (unpaired) electrons. The van der Waals surface area contributed by atoms with E-state index in [2.05, 4.69) is 9.97 Å². The Kier molecular flexibility index (Phi) is 5.76. The molecule has 0 amide bonds. The molecule has 2 heterocycles. The molecule has 0 unspecified atom stereocenters. The van der Waals surface area contributed by atoms with Crippen molar-refractivity contribution in [2.75, 3.05) is 0 Å². The van der Waals surface area contributed by atoms with Crippen LogP contribution in [-0.2, 0) is 13.2 Å². The van der Waals surface area contributed by atoms with E-state index in [4.69, 9.17) is 10.2 Å². The molecule has 0 aliphatic heterocycles. The smallest absolute Gasteiger partial charge is 0.0696 e. The van der Waals surface area contributed by atoms with Gasteiger partial charge in [0, 0.05) is 24.8 Å². The zero-order valence-corrected chi connectivity index (χ0v) is 8.82. The van der Waals surface area contributed by atoms with Gasteiger partial charge in [-0.3, -0.25) is 9.97 Å². The van der Waals surface area contributed by atoms with Crippen LogP contribution in [0.2, 0.25) is 0 Å². The summed E-state index contributed by atoms with van der Waals surface area (Å²) < 4.78 is 0. The fraction of sp³-hybridized carbons (Fsp3) is 0.167. The Balaban J connectivity index is 0.000000160. The standard InChI is InChI=1S/2C6H7NO/c2*8-5-6-2-1-3-7-4-6/h2*1-4,8H,5H2. The summed E-state index contributed by atoms with van der Waals surface area (Å²) >= 11 is 0. The molecule has 2 aromatic rings. The van der Waals surface area contributed by atoms with Crippen LogP contribution in [0.25, 0.3) is 0 Å². The van der Waals surface area contributed by atoms with Crippen molar-refractivity contribution in [3.8, 4) is 0 Å². The van der Waals surface area contributed by atoms with Crippen molar-refractivity contribution in [1.29, 1.82) is 0 Å².